The molecule has 20 heavy (non-hydrogen) atoms. The van der Waals surface area contributed by atoms with E-state index in [-0.39, 0.29) is 5.41 Å². The summed E-state index contributed by atoms with van der Waals surface area (Å²) in [6.45, 7) is 13.5. The molecule has 0 aliphatic carbocycles. The van der Waals surface area contributed by atoms with Crippen LogP contribution < -0.4 is 5.32 Å². The number of nitrogens with one attached hydrogen (secondary N) is 1. The van der Waals surface area contributed by atoms with Gasteiger partial charge in [0.05, 0.1) is 16.4 Å². The van der Waals surface area contributed by atoms with Crippen LogP contribution in [0.1, 0.15) is 59.6 Å². The molecule has 0 bridgehead atoms. The molecule has 0 spiro atoms. The standard InChI is InChI=1S/C16H30BrN3/c1-6-10-18-15(16(3,4)5)9-8-14-13(17)12-19-20(14)11-7-2/h12,15,18H,6-11H2,1-5H3. The van der Waals surface area contributed by atoms with Gasteiger partial charge in [-0.15, -0.1) is 0 Å². The Morgan fingerprint density at radius 3 is 2.55 bits per heavy atom. The van der Waals surface area contributed by atoms with E-state index in [4.69, 9.17) is 0 Å². The Hall–Kier alpha value is -0.350. The maximum atomic E-state index is 4.46. The lowest BCUT2D eigenvalue weighted by molar-refractivity contribution is 0.254. The van der Waals surface area contributed by atoms with Gasteiger partial charge in [-0.1, -0.05) is 34.6 Å². The van der Waals surface area contributed by atoms with Crippen LogP contribution in [0.2, 0.25) is 0 Å². The molecule has 1 aromatic heterocycles. The van der Waals surface area contributed by atoms with Crippen LogP contribution in [0.25, 0.3) is 0 Å². The van der Waals surface area contributed by atoms with Crippen LogP contribution in [0.4, 0.5) is 0 Å². The van der Waals surface area contributed by atoms with E-state index in [2.05, 4.69) is 65.6 Å². The summed E-state index contributed by atoms with van der Waals surface area (Å²) in [4.78, 5) is 0. The Labute approximate surface area is 132 Å². The molecule has 116 valence electrons. The summed E-state index contributed by atoms with van der Waals surface area (Å²) < 4.78 is 3.29. The molecular formula is C16H30BrN3. The molecule has 0 amide bonds. The lowest BCUT2D eigenvalue weighted by atomic mass is 9.83. The highest BCUT2D eigenvalue weighted by Crippen LogP contribution is 2.25. The van der Waals surface area contributed by atoms with E-state index in [0.717, 1.165) is 36.8 Å². The van der Waals surface area contributed by atoms with Crippen molar-refractivity contribution in [1.29, 1.82) is 0 Å². The Morgan fingerprint density at radius 2 is 2.00 bits per heavy atom. The van der Waals surface area contributed by atoms with E-state index < -0.39 is 0 Å². The molecule has 1 heterocycles. The average molecular weight is 344 g/mol. The van der Waals surface area contributed by atoms with Crippen molar-refractivity contribution in [3.05, 3.63) is 16.4 Å². The second-order valence-corrected chi connectivity index (χ2v) is 7.43. The molecule has 0 saturated heterocycles. The molecule has 0 fully saturated rings. The summed E-state index contributed by atoms with van der Waals surface area (Å²) in [6.07, 6.45) is 6.45. The van der Waals surface area contributed by atoms with Gasteiger partial charge >= 0.3 is 0 Å². The van der Waals surface area contributed by atoms with Gasteiger partial charge in [-0.2, -0.15) is 5.10 Å². The maximum Gasteiger partial charge on any atom is 0.0635 e. The Morgan fingerprint density at radius 1 is 1.30 bits per heavy atom. The van der Waals surface area contributed by atoms with Gasteiger partial charge < -0.3 is 5.32 Å². The number of hydrogen-bond donors (Lipinski definition) is 1. The van der Waals surface area contributed by atoms with Crippen LogP contribution in [0, 0.1) is 5.41 Å². The summed E-state index contributed by atoms with van der Waals surface area (Å²) in [6, 6.07) is 0.541. The molecule has 4 heteroatoms. The Kier molecular flexibility index (Phi) is 7.24. The first kappa shape index (κ1) is 17.7. The van der Waals surface area contributed by atoms with Crippen LogP contribution in [-0.2, 0) is 13.0 Å². The van der Waals surface area contributed by atoms with Crippen LogP contribution >= 0.6 is 15.9 Å². The van der Waals surface area contributed by atoms with Crippen molar-refractivity contribution in [2.45, 2.75) is 72.9 Å². The first-order chi connectivity index (χ1) is 9.40. The van der Waals surface area contributed by atoms with Crippen LogP contribution in [0.3, 0.4) is 0 Å². The normalized spacial score (nSPS) is 13.7. The minimum atomic E-state index is 0.289. The quantitative estimate of drug-likeness (QED) is 0.757. The van der Waals surface area contributed by atoms with Crippen molar-refractivity contribution in [3.8, 4) is 0 Å². The van der Waals surface area contributed by atoms with E-state index in [1.807, 2.05) is 6.20 Å². The molecule has 1 unspecified atom stereocenters. The fourth-order valence-electron chi connectivity index (χ4n) is 2.48. The van der Waals surface area contributed by atoms with Gasteiger partial charge in [0.2, 0.25) is 0 Å². The van der Waals surface area contributed by atoms with Crippen molar-refractivity contribution >= 4 is 15.9 Å². The number of aryl methyl sites for hydroxylation is 1. The van der Waals surface area contributed by atoms with E-state index in [1.54, 1.807) is 0 Å². The smallest absolute Gasteiger partial charge is 0.0635 e. The lowest BCUT2D eigenvalue weighted by Crippen LogP contribution is -2.41. The maximum absolute atomic E-state index is 4.46. The molecule has 3 nitrogen and oxygen atoms in total. The topological polar surface area (TPSA) is 29.9 Å². The van der Waals surface area contributed by atoms with Gasteiger partial charge in [-0.3, -0.25) is 4.68 Å². The summed E-state index contributed by atoms with van der Waals surface area (Å²) in [5, 5.41) is 8.15. The third-order valence-electron chi connectivity index (χ3n) is 3.69. The molecule has 0 aliphatic heterocycles. The minimum absolute atomic E-state index is 0.289. The van der Waals surface area contributed by atoms with E-state index in [1.165, 1.54) is 12.1 Å². The van der Waals surface area contributed by atoms with Crippen molar-refractivity contribution in [2.75, 3.05) is 6.54 Å². The molecular weight excluding hydrogens is 314 g/mol. The molecule has 0 aromatic carbocycles. The fraction of sp³-hybridized carbons (Fsp3) is 0.812. The summed E-state index contributed by atoms with van der Waals surface area (Å²) in [7, 11) is 0. The van der Waals surface area contributed by atoms with Gasteiger partial charge in [0.15, 0.2) is 0 Å². The summed E-state index contributed by atoms with van der Waals surface area (Å²) >= 11 is 3.64. The summed E-state index contributed by atoms with van der Waals surface area (Å²) in [5.74, 6) is 0. The monoisotopic (exact) mass is 343 g/mol. The SMILES string of the molecule is CCCNC(CCc1c(Br)cnn1CCC)C(C)(C)C. The van der Waals surface area contributed by atoms with Gasteiger partial charge in [-0.05, 0) is 53.6 Å². The number of aromatic nitrogens is 2. The second kappa shape index (κ2) is 8.18. The highest BCUT2D eigenvalue weighted by molar-refractivity contribution is 9.10. The molecule has 1 N–H and O–H groups in total. The number of nitrogens with zero attached hydrogens (tertiary/aromatic N) is 2. The van der Waals surface area contributed by atoms with Crippen molar-refractivity contribution in [1.82, 2.24) is 15.1 Å². The first-order valence-corrected chi connectivity index (χ1v) is 8.63. The molecule has 0 saturated carbocycles. The number of hydrogen-bond acceptors (Lipinski definition) is 2. The highest BCUT2D eigenvalue weighted by atomic mass is 79.9. The number of halogens is 1. The van der Waals surface area contributed by atoms with Gasteiger partial charge in [0.1, 0.15) is 0 Å². The van der Waals surface area contributed by atoms with Crippen molar-refractivity contribution < 1.29 is 0 Å². The molecule has 1 atom stereocenters. The largest absolute Gasteiger partial charge is 0.313 e. The number of rotatable bonds is 8. The molecule has 1 rings (SSSR count). The zero-order valence-electron chi connectivity index (χ0n) is 13.7. The molecule has 0 radical (unpaired) electrons. The zero-order valence-corrected chi connectivity index (χ0v) is 15.3. The van der Waals surface area contributed by atoms with E-state index in [0.29, 0.717) is 6.04 Å². The first-order valence-electron chi connectivity index (χ1n) is 7.83. The predicted molar refractivity (Wildman–Crippen MR) is 90.1 cm³/mol. The van der Waals surface area contributed by atoms with Crippen molar-refractivity contribution in [3.63, 3.8) is 0 Å². The zero-order chi connectivity index (χ0) is 15.2. The highest BCUT2D eigenvalue weighted by Gasteiger charge is 2.24. The molecule has 0 aliphatic rings. The van der Waals surface area contributed by atoms with Gasteiger partial charge in [0, 0.05) is 12.6 Å². The Balaban J connectivity index is 2.69. The Bertz CT molecular complexity index is 393. The second-order valence-electron chi connectivity index (χ2n) is 6.57. The van der Waals surface area contributed by atoms with Crippen LogP contribution in [0.15, 0.2) is 10.7 Å². The van der Waals surface area contributed by atoms with Crippen LogP contribution in [0.5, 0.6) is 0 Å². The average Bonchev–Trinajstić information content (AvgIpc) is 2.70. The van der Waals surface area contributed by atoms with Crippen LogP contribution in [-0.4, -0.2) is 22.4 Å². The lowest BCUT2D eigenvalue weighted by Gasteiger charge is -2.32. The predicted octanol–water partition coefficient (Wildman–Crippen LogP) is 4.40. The van der Waals surface area contributed by atoms with Gasteiger partial charge in [0.25, 0.3) is 0 Å². The summed E-state index contributed by atoms with van der Waals surface area (Å²) in [5.41, 5.74) is 1.62. The van der Waals surface area contributed by atoms with E-state index in [9.17, 15) is 0 Å². The van der Waals surface area contributed by atoms with E-state index >= 15 is 0 Å². The third kappa shape index (κ3) is 5.21. The molecule has 1 aromatic rings. The van der Waals surface area contributed by atoms with Crippen molar-refractivity contribution in [2.24, 2.45) is 5.41 Å². The fourth-order valence-corrected chi connectivity index (χ4v) is 2.98. The van der Waals surface area contributed by atoms with Gasteiger partial charge in [-0.25, -0.2) is 0 Å². The minimum Gasteiger partial charge on any atom is -0.313 e. The third-order valence-corrected chi connectivity index (χ3v) is 4.35.